The lowest BCUT2D eigenvalue weighted by Crippen LogP contribution is -2.39. The Bertz CT molecular complexity index is 851. The quantitative estimate of drug-likeness (QED) is 0.731. The molecule has 1 aromatic carbocycles. The molecule has 6 nitrogen and oxygen atoms in total. The fraction of sp³-hybridized carbons (Fsp3) is 0.381. The van der Waals surface area contributed by atoms with Gasteiger partial charge >= 0.3 is 0 Å². The van der Waals surface area contributed by atoms with Crippen LogP contribution in [0, 0.1) is 5.92 Å². The van der Waals surface area contributed by atoms with Crippen molar-refractivity contribution in [2.24, 2.45) is 5.92 Å². The van der Waals surface area contributed by atoms with Crippen molar-refractivity contribution in [2.45, 2.75) is 25.3 Å². The van der Waals surface area contributed by atoms with Gasteiger partial charge in [0.1, 0.15) is 11.3 Å². The number of carbonyl (C=O) groups is 1. The van der Waals surface area contributed by atoms with Gasteiger partial charge in [-0.25, -0.2) is 4.98 Å². The van der Waals surface area contributed by atoms with E-state index in [4.69, 9.17) is 4.74 Å². The first-order valence-electron chi connectivity index (χ1n) is 9.60. The van der Waals surface area contributed by atoms with Crippen molar-refractivity contribution >= 4 is 23.6 Å². The standard InChI is InChI=1S/C21H24N4O2S/c1-28-13-10-18(15-8-9-15)23-19(26)17-14-22-21(25-11-5-12-25)24-20(17)27-16-6-3-2-4-7-16/h2-4,6-7,10,13-15,18H,5,8-9,11-12H2,1H3,(H,23,26)/b13-10+. The molecule has 1 amide bonds. The lowest BCUT2D eigenvalue weighted by molar-refractivity contribution is 0.0937. The number of hydrogen-bond acceptors (Lipinski definition) is 6. The monoisotopic (exact) mass is 396 g/mol. The Hall–Kier alpha value is -2.54. The number of rotatable bonds is 8. The normalized spacial score (nSPS) is 17.2. The lowest BCUT2D eigenvalue weighted by atomic mass is 10.1. The van der Waals surface area contributed by atoms with E-state index >= 15 is 0 Å². The first-order valence-corrected chi connectivity index (χ1v) is 10.9. The number of aromatic nitrogens is 2. The first-order chi connectivity index (χ1) is 13.7. The maximum Gasteiger partial charge on any atom is 0.258 e. The fourth-order valence-electron chi connectivity index (χ4n) is 3.03. The summed E-state index contributed by atoms with van der Waals surface area (Å²) in [6.45, 7) is 1.86. The van der Waals surface area contributed by atoms with Crippen LogP contribution in [0.25, 0.3) is 0 Å². The third-order valence-electron chi connectivity index (χ3n) is 4.93. The topological polar surface area (TPSA) is 67.4 Å². The number of thioether (sulfide) groups is 1. The molecule has 2 aromatic rings. The Balaban J connectivity index is 1.58. The molecule has 0 bridgehead atoms. The van der Waals surface area contributed by atoms with E-state index < -0.39 is 0 Å². The van der Waals surface area contributed by atoms with E-state index in [1.165, 1.54) is 0 Å². The van der Waals surface area contributed by atoms with Gasteiger partial charge in [-0.3, -0.25) is 4.79 Å². The number of hydrogen-bond donors (Lipinski definition) is 1. The number of nitrogens with zero attached hydrogens (tertiary/aromatic N) is 3. The molecule has 7 heteroatoms. The Morgan fingerprint density at radius 3 is 2.75 bits per heavy atom. The summed E-state index contributed by atoms with van der Waals surface area (Å²) in [5, 5.41) is 5.14. The molecule has 1 atom stereocenters. The molecular weight excluding hydrogens is 372 g/mol. The van der Waals surface area contributed by atoms with E-state index in [9.17, 15) is 4.79 Å². The van der Waals surface area contributed by atoms with Crippen molar-refractivity contribution in [3.05, 3.63) is 53.6 Å². The molecule has 1 N–H and O–H groups in total. The van der Waals surface area contributed by atoms with Crippen LogP contribution < -0.4 is 15.0 Å². The second-order valence-electron chi connectivity index (χ2n) is 7.05. The average molecular weight is 397 g/mol. The maximum absolute atomic E-state index is 13.0. The highest BCUT2D eigenvalue weighted by Crippen LogP contribution is 2.34. The van der Waals surface area contributed by atoms with E-state index in [1.54, 1.807) is 18.0 Å². The van der Waals surface area contributed by atoms with E-state index in [-0.39, 0.29) is 11.9 Å². The average Bonchev–Trinajstić information content (AvgIpc) is 3.50. The van der Waals surface area contributed by atoms with Gasteiger partial charge in [0.05, 0.1) is 6.04 Å². The van der Waals surface area contributed by atoms with E-state index in [0.717, 1.165) is 32.4 Å². The van der Waals surface area contributed by atoms with Gasteiger partial charge in [-0.15, -0.1) is 11.8 Å². The third-order valence-corrected chi connectivity index (χ3v) is 5.36. The number of ether oxygens (including phenoxy) is 1. The Morgan fingerprint density at radius 2 is 2.11 bits per heavy atom. The molecule has 28 heavy (non-hydrogen) atoms. The summed E-state index contributed by atoms with van der Waals surface area (Å²) in [5.74, 6) is 1.85. The van der Waals surface area contributed by atoms with Crippen molar-refractivity contribution in [3.8, 4) is 11.6 Å². The van der Waals surface area contributed by atoms with Crippen LogP contribution in [0.3, 0.4) is 0 Å². The summed E-state index contributed by atoms with van der Waals surface area (Å²) in [5.41, 5.74) is 0.358. The van der Waals surface area contributed by atoms with Crippen LogP contribution >= 0.6 is 11.8 Å². The molecule has 2 aliphatic rings. The van der Waals surface area contributed by atoms with Gasteiger partial charge in [0.25, 0.3) is 5.91 Å². The second kappa shape index (κ2) is 8.65. The molecule has 1 aromatic heterocycles. The molecule has 2 fully saturated rings. The molecule has 0 radical (unpaired) electrons. The van der Waals surface area contributed by atoms with Crippen LogP contribution in [0.2, 0.25) is 0 Å². The van der Waals surface area contributed by atoms with Gasteiger partial charge in [-0.1, -0.05) is 24.3 Å². The number of benzene rings is 1. The molecule has 0 spiro atoms. The summed E-state index contributed by atoms with van der Waals surface area (Å²) in [6, 6.07) is 9.43. The van der Waals surface area contributed by atoms with Gasteiger partial charge in [0.2, 0.25) is 11.8 Å². The van der Waals surface area contributed by atoms with Crippen molar-refractivity contribution in [3.63, 3.8) is 0 Å². The highest BCUT2D eigenvalue weighted by Gasteiger charge is 2.32. The fourth-order valence-corrected chi connectivity index (χ4v) is 3.36. The first kappa shape index (κ1) is 18.8. The van der Waals surface area contributed by atoms with Gasteiger partial charge < -0.3 is 15.0 Å². The molecule has 1 aliphatic carbocycles. The van der Waals surface area contributed by atoms with Crippen LogP contribution in [0.5, 0.6) is 11.6 Å². The van der Waals surface area contributed by atoms with Crippen molar-refractivity contribution in [1.82, 2.24) is 15.3 Å². The number of carbonyl (C=O) groups excluding carboxylic acids is 1. The van der Waals surface area contributed by atoms with E-state index in [1.807, 2.05) is 42.0 Å². The van der Waals surface area contributed by atoms with Gasteiger partial charge in [-0.2, -0.15) is 4.98 Å². The minimum absolute atomic E-state index is 0.0274. The summed E-state index contributed by atoms with van der Waals surface area (Å²) in [7, 11) is 0. The molecular formula is C21H24N4O2S. The molecule has 4 rings (SSSR count). The molecule has 1 unspecified atom stereocenters. The molecule has 1 aliphatic heterocycles. The largest absolute Gasteiger partial charge is 0.438 e. The van der Waals surface area contributed by atoms with Gasteiger partial charge in [0.15, 0.2) is 0 Å². The Labute approximate surface area is 169 Å². The number of nitrogens with one attached hydrogen (secondary N) is 1. The minimum atomic E-state index is -0.205. The van der Waals surface area contributed by atoms with Crippen LogP contribution in [0.15, 0.2) is 48.0 Å². The van der Waals surface area contributed by atoms with Gasteiger partial charge in [0, 0.05) is 19.3 Å². The second-order valence-corrected chi connectivity index (χ2v) is 7.79. The van der Waals surface area contributed by atoms with Crippen molar-refractivity contribution in [2.75, 3.05) is 24.2 Å². The predicted molar refractivity (Wildman–Crippen MR) is 112 cm³/mol. The Kier molecular flexibility index (Phi) is 5.81. The van der Waals surface area contributed by atoms with E-state index in [2.05, 4.69) is 26.3 Å². The Morgan fingerprint density at radius 1 is 1.32 bits per heavy atom. The minimum Gasteiger partial charge on any atom is -0.438 e. The molecule has 1 saturated carbocycles. The van der Waals surface area contributed by atoms with Crippen molar-refractivity contribution < 1.29 is 9.53 Å². The summed E-state index contributed by atoms with van der Waals surface area (Å²) in [6.07, 6.45) is 9.06. The molecule has 146 valence electrons. The van der Waals surface area contributed by atoms with Crippen LogP contribution in [0.4, 0.5) is 5.95 Å². The van der Waals surface area contributed by atoms with Crippen LogP contribution in [-0.4, -0.2) is 41.3 Å². The zero-order valence-corrected chi connectivity index (χ0v) is 16.7. The molecule has 2 heterocycles. The zero-order chi connectivity index (χ0) is 19.3. The van der Waals surface area contributed by atoms with E-state index in [0.29, 0.717) is 29.1 Å². The van der Waals surface area contributed by atoms with Crippen LogP contribution in [0.1, 0.15) is 29.6 Å². The summed E-state index contributed by atoms with van der Waals surface area (Å²) >= 11 is 1.63. The highest BCUT2D eigenvalue weighted by molar-refractivity contribution is 8.01. The predicted octanol–water partition coefficient (Wildman–Crippen LogP) is 3.86. The summed E-state index contributed by atoms with van der Waals surface area (Å²) in [4.78, 5) is 24.0. The van der Waals surface area contributed by atoms with Crippen molar-refractivity contribution in [1.29, 1.82) is 0 Å². The lowest BCUT2D eigenvalue weighted by Gasteiger charge is -2.31. The molecule has 1 saturated heterocycles. The number of para-hydroxylation sites is 1. The number of anilines is 1. The maximum atomic E-state index is 13.0. The smallest absolute Gasteiger partial charge is 0.258 e. The van der Waals surface area contributed by atoms with Crippen LogP contribution in [-0.2, 0) is 0 Å². The third kappa shape index (κ3) is 4.47. The summed E-state index contributed by atoms with van der Waals surface area (Å²) < 4.78 is 5.97. The SMILES string of the molecule is CS/C=C/C(NC(=O)c1cnc(N2CCC2)nc1Oc1ccccc1)C1CC1. The zero-order valence-electron chi connectivity index (χ0n) is 15.9. The van der Waals surface area contributed by atoms with Gasteiger partial charge in [-0.05, 0) is 49.0 Å². The highest BCUT2D eigenvalue weighted by atomic mass is 32.2. The number of amides is 1.